The van der Waals surface area contributed by atoms with E-state index in [9.17, 15) is 22.8 Å². The molecule has 1 heterocycles. The second-order valence-corrected chi connectivity index (χ2v) is 6.07. The summed E-state index contributed by atoms with van der Waals surface area (Å²) in [6.45, 7) is 2.06. The van der Waals surface area contributed by atoms with E-state index < -0.39 is 41.4 Å². The fourth-order valence-electron chi connectivity index (χ4n) is 2.81. The van der Waals surface area contributed by atoms with Gasteiger partial charge in [0, 0.05) is 13.1 Å². The third-order valence-electron chi connectivity index (χ3n) is 4.22. The van der Waals surface area contributed by atoms with Crippen LogP contribution in [0.5, 0.6) is 0 Å². The fraction of sp³-hybridized carbons (Fsp3) is 0.263. The highest BCUT2D eigenvalue weighted by molar-refractivity contribution is 6.00. The van der Waals surface area contributed by atoms with Gasteiger partial charge in [0.05, 0.1) is 36.7 Å². The summed E-state index contributed by atoms with van der Waals surface area (Å²) in [5, 5.41) is 4.88. The first kappa shape index (κ1) is 19.7. The van der Waals surface area contributed by atoms with E-state index in [0.717, 1.165) is 11.8 Å². The average Bonchev–Trinajstić information content (AvgIpc) is 2.71. The Balaban J connectivity index is 1.62. The Morgan fingerprint density at radius 1 is 1.00 bits per heavy atom. The van der Waals surface area contributed by atoms with Gasteiger partial charge in [-0.1, -0.05) is 12.1 Å². The minimum Gasteiger partial charge on any atom is -0.378 e. The molecule has 0 radical (unpaired) electrons. The van der Waals surface area contributed by atoms with E-state index in [2.05, 4.69) is 15.5 Å². The lowest BCUT2D eigenvalue weighted by Crippen LogP contribution is -2.37. The Kier molecular flexibility index (Phi) is 6.15. The van der Waals surface area contributed by atoms with E-state index in [0.29, 0.717) is 38.1 Å². The topological polar surface area (TPSA) is 70.7 Å². The number of hydrogen-bond donors (Lipinski definition) is 2. The molecule has 1 fully saturated rings. The van der Waals surface area contributed by atoms with Gasteiger partial charge in [-0.2, -0.15) is 0 Å². The summed E-state index contributed by atoms with van der Waals surface area (Å²) in [5.41, 5.74) is 0.695. The van der Waals surface area contributed by atoms with Gasteiger partial charge in [-0.25, -0.2) is 13.2 Å². The third-order valence-corrected chi connectivity index (χ3v) is 4.22. The van der Waals surface area contributed by atoms with Crippen molar-refractivity contribution >= 4 is 23.2 Å². The van der Waals surface area contributed by atoms with Crippen molar-refractivity contribution in [2.75, 3.05) is 43.1 Å². The first-order valence-corrected chi connectivity index (χ1v) is 8.60. The summed E-state index contributed by atoms with van der Waals surface area (Å²) >= 11 is 0. The molecule has 0 saturated carbocycles. The van der Waals surface area contributed by atoms with Crippen LogP contribution < -0.4 is 15.5 Å². The molecular weight excluding hydrogens is 375 g/mol. The zero-order valence-corrected chi connectivity index (χ0v) is 14.8. The molecule has 28 heavy (non-hydrogen) atoms. The van der Waals surface area contributed by atoms with Crippen molar-refractivity contribution in [2.24, 2.45) is 0 Å². The molecule has 1 saturated heterocycles. The lowest BCUT2D eigenvalue weighted by Gasteiger charge is -2.30. The van der Waals surface area contributed by atoms with E-state index >= 15 is 0 Å². The summed E-state index contributed by atoms with van der Waals surface area (Å²) in [7, 11) is 0. The zero-order valence-electron chi connectivity index (χ0n) is 14.8. The second-order valence-electron chi connectivity index (χ2n) is 6.07. The molecule has 3 rings (SSSR count). The predicted molar refractivity (Wildman–Crippen MR) is 96.8 cm³/mol. The van der Waals surface area contributed by atoms with Gasteiger partial charge < -0.3 is 20.3 Å². The van der Waals surface area contributed by atoms with Gasteiger partial charge >= 0.3 is 0 Å². The monoisotopic (exact) mass is 393 g/mol. The largest absolute Gasteiger partial charge is 0.378 e. The smallest absolute Gasteiger partial charge is 0.254 e. The molecule has 2 amide bonds. The first-order valence-electron chi connectivity index (χ1n) is 8.60. The van der Waals surface area contributed by atoms with Gasteiger partial charge in [-0.15, -0.1) is 0 Å². The van der Waals surface area contributed by atoms with Crippen LogP contribution in [0.1, 0.15) is 10.4 Å². The number of anilines is 2. The van der Waals surface area contributed by atoms with Crippen molar-refractivity contribution in [3.8, 4) is 0 Å². The molecule has 6 nitrogen and oxygen atoms in total. The van der Waals surface area contributed by atoms with E-state index in [-0.39, 0.29) is 0 Å². The van der Waals surface area contributed by atoms with Crippen LogP contribution >= 0.6 is 0 Å². The number of rotatable bonds is 5. The zero-order chi connectivity index (χ0) is 20.1. The summed E-state index contributed by atoms with van der Waals surface area (Å²) in [5.74, 6) is -6.30. The number of carbonyl (C=O) groups is 2. The number of benzene rings is 2. The number of ether oxygens (including phenoxy) is 1. The number of halogens is 3. The second kappa shape index (κ2) is 8.75. The number of morpholine rings is 1. The maximum atomic E-state index is 13.7. The van der Waals surface area contributed by atoms with E-state index in [1.54, 1.807) is 12.1 Å². The molecule has 2 aromatic carbocycles. The third kappa shape index (κ3) is 4.42. The van der Waals surface area contributed by atoms with Gasteiger partial charge in [-0.3, -0.25) is 9.59 Å². The highest BCUT2D eigenvalue weighted by Crippen LogP contribution is 2.26. The summed E-state index contributed by atoms with van der Waals surface area (Å²) in [6, 6.07) is 8.64. The van der Waals surface area contributed by atoms with Gasteiger partial charge in [-0.05, 0) is 24.3 Å². The lowest BCUT2D eigenvalue weighted by molar-refractivity contribution is -0.115. The van der Waals surface area contributed by atoms with Crippen LogP contribution in [-0.4, -0.2) is 44.7 Å². The van der Waals surface area contributed by atoms with E-state index in [4.69, 9.17) is 4.74 Å². The summed E-state index contributed by atoms with van der Waals surface area (Å²) < 4.78 is 45.2. The van der Waals surface area contributed by atoms with Crippen molar-refractivity contribution in [2.45, 2.75) is 0 Å². The van der Waals surface area contributed by atoms with Crippen LogP contribution in [0.4, 0.5) is 24.5 Å². The Labute approximate surface area is 159 Å². The fourth-order valence-corrected chi connectivity index (χ4v) is 2.81. The number of hydrogen-bond acceptors (Lipinski definition) is 4. The van der Waals surface area contributed by atoms with Crippen molar-refractivity contribution < 1.29 is 27.5 Å². The Hall–Kier alpha value is -3.07. The molecule has 148 valence electrons. The normalized spacial score (nSPS) is 13.9. The highest BCUT2D eigenvalue weighted by atomic mass is 19.2. The van der Waals surface area contributed by atoms with Gasteiger partial charge in [0.25, 0.3) is 5.91 Å². The maximum absolute atomic E-state index is 13.7. The number of amides is 2. The van der Waals surface area contributed by atoms with Crippen LogP contribution in [0, 0.1) is 17.5 Å². The molecule has 0 aromatic heterocycles. The van der Waals surface area contributed by atoms with Crippen molar-refractivity contribution in [1.82, 2.24) is 5.32 Å². The van der Waals surface area contributed by atoms with Crippen LogP contribution in [0.3, 0.4) is 0 Å². The van der Waals surface area contributed by atoms with Crippen LogP contribution in [0.15, 0.2) is 36.4 Å². The first-order chi connectivity index (χ1) is 13.5. The maximum Gasteiger partial charge on any atom is 0.254 e. The van der Waals surface area contributed by atoms with E-state index in [1.165, 1.54) is 0 Å². The molecule has 0 unspecified atom stereocenters. The van der Waals surface area contributed by atoms with Gasteiger partial charge in [0.15, 0.2) is 17.5 Å². The van der Waals surface area contributed by atoms with E-state index in [1.807, 2.05) is 12.1 Å². The molecule has 0 spiro atoms. The molecule has 0 aliphatic carbocycles. The van der Waals surface area contributed by atoms with Crippen LogP contribution in [0.2, 0.25) is 0 Å². The highest BCUT2D eigenvalue weighted by Gasteiger charge is 2.20. The Bertz CT molecular complexity index is 886. The molecule has 2 N–H and O–H groups in total. The molecule has 0 atom stereocenters. The molecule has 1 aliphatic heterocycles. The molecule has 9 heteroatoms. The summed E-state index contributed by atoms with van der Waals surface area (Å²) in [6.07, 6.45) is 0. The van der Waals surface area contributed by atoms with Gasteiger partial charge in [0.2, 0.25) is 5.91 Å². The van der Waals surface area contributed by atoms with Gasteiger partial charge in [0.1, 0.15) is 0 Å². The average molecular weight is 393 g/mol. The number of para-hydroxylation sites is 2. The molecule has 1 aliphatic rings. The molecule has 2 aromatic rings. The Morgan fingerprint density at radius 3 is 2.46 bits per heavy atom. The summed E-state index contributed by atoms with van der Waals surface area (Å²) in [4.78, 5) is 26.2. The number of nitrogens with one attached hydrogen (secondary N) is 2. The van der Waals surface area contributed by atoms with Crippen molar-refractivity contribution in [3.05, 3.63) is 59.4 Å². The lowest BCUT2D eigenvalue weighted by atomic mass is 10.2. The van der Waals surface area contributed by atoms with Crippen molar-refractivity contribution in [3.63, 3.8) is 0 Å². The quantitative estimate of drug-likeness (QED) is 0.765. The van der Waals surface area contributed by atoms with Crippen LogP contribution in [-0.2, 0) is 9.53 Å². The number of carbonyl (C=O) groups excluding carboxylic acids is 2. The van der Waals surface area contributed by atoms with Crippen molar-refractivity contribution in [1.29, 1.82) is 0 Å². The number of nitrogens with zero attached hydrogens (tertiary/aromatic N) is 1. The molecule has 0 bridgehead atoms. The minimum atomic E-state index is -1.74. The SMILES string of the molecule is O=C(CNC(=O)c1ccc(F)c(F)c1F)Nc1ccccc1N1CCOCC1. The predicted octanol–water partition coefficient (Wildman–Crippen LogP) is 2.31. The van der Waals surface area contributed by atoms with Crippen LogP contribution in [0.25, 0.3) is 0 Å². The Morgan fingerprint density at radius 2 is 1.71 bits per heavy atom. The standard InChI is InChI=1S/C19H18F3N3O3/c20-13-6-5-12(17(21)18(13)22)19(27)23-11-16(26)24-14-3-1-2-4-15(14)25-7-9-28-10-8-25/h1-6H,7-11H2,(H,23,27)(H,24,26). The minimum absolute atomic E-state index is 0.464. The molecular formula is C19H18F3N3O3.